The van der Waals surface area contributed by atoms with E-state index in [9.17, 15) is 19.5 Å². The molecule has 1 saturated heterocycles. The average Bonchev–Trinajstić information content (AvgIpc) is 3.39. The van der Waals surface area contributed by atoms with E-state index in [4.69, 9.17) is 9.47 Å². The van der Waals surface area contributed by atoms with Crippen molar-refractivity contribution in [1.29, 1.82) is 0 Å². The number of amides is 2. The van der Waals surface area contributed by atoms with Gasteiger partial charge in [-0.3, -0.25) is 9.59 Å². The van der Waals surface area contributed by atoms with Gasteiger partial charge in [-0.05, 0) is 41.5 Å². The van der Waals surface area contributed by atoms with E-state index in [-0.39, 0.29) is 37.4 Å². The topological polar surface area (TPSA) is 114 Å². The highest BCUT2D eigenvalue weighted by Gasteiger charge is 2.50. The molecule has 5 rings (SSSR count). The summed E-state index contributed by atoms with van der Waals surface area (Å²) in [5, 5.41) is 14.8. The second kappa shape index (κ2) is 9.10. The van der Waals surface area contributed by atoms with Crippen LogP contribution in [0.1, 0.15) is 36.3 Å². The molecule has 2 fully saturated rings. The van der Waals surface area contributed by atoms with E-state index in [1.165, 1.54) is 11.1 Å². The zero-order valence-corrected chi connectivity index (χ0v) is 18.8. The van der Waals surface area contributed by atoms with Crippen LogP contribution >= 0.6 is 0 Å². The van der Waals surface area contributed by atoms with E-state index < -0.39 is 23.6 Å². The molecule has 3 aliphatic rings. The minimum Gasteiger partial charge on any atom is -0.481 e. The summed E-state index contributed by atoms with van der Waals surface area (Å²) in [6, 6.07) is 16.3. The number of carbonyl (C=O) groups excluding carboxylic acids is 2. The summed E-state index contributed by atoms with van der Waals surface area (Å²) in [7, 11) is 0. The summed E-state index contributed by atoms with van der Waals surface area (Å²) in [4.78, 5) is 36.3. The predicted octanol–water partition coefficient (Wildman–Crippen LogP) is 2.91. The van der Waals surface area contributed by atoms with Crippen LogP contribution in [-0.2, 0) is 19.1 Å². The van der Waals surface area contributed by atoms with Crippen molar-refractivity contribution in [2.45, 2.75) is 31.3 Å². The van der Waals surface area contributed by atoms with Gasteiger partial charge in [0.1, 0.15) is 12.7 Å². The molecule has 1 saturated carbocycles. The van der Waals surface area contributed by atoms with Crippen LogP contribution in [0, 0.1) is 11.3 Å². The van der Waals surface area contributed by atoms with Crippen molar-refractivity contribution >= 4 is 18.0 Å². The summed E-state index contributed by atoms with van der Waals surface area (Å²) in [6.45, 7) is 0.994. The minimum absolute atomic E-state index is 0.0181. The first-order chi connectivity index (χ1) is 16.5. The number of aliphatic carboxylic acids is 1. The molecule has 2 atom stereocenters. The summed E-state index contributed by atoms with van der Waals surface area (Å²) >= 11 is 0. The number of alkyl carbamates (subject to hydrolysis) is 1. The number of carbonyl (C=O) groups is 3. The number of benzene rings is 2. The Morgan fingerprint density at radius 3 is 2.26 bits per heavy atom. The molecule has 3 N–H and O–H groups in total. The van der Waals surface area contributed by atoms with Crippen molar-refractivity contribution < 1.29 is 29.0 Å². The van der Waals surface area contributed by atoms with E-state index in [1.807, 2.05) is 24.3 Å². The predicted molar refractivity (Wildman–Crippen MR) is 123 cm³/mol. The lowest BCUT2D eigenvalue weighted by atomic mass is 9.98. The third kappa shape index (κ3) is 4.25. The van der Waals surface area contributed by atoms with Crippen LogP contribution in [0.5, 0.6) is 0 Å². The van der Waals surface area contributed by atoms with E-state index in [0.29, 0.717) is 25.9 Å². The minimum atomic E-state index is -0.881. The molecule has 0 radical (unpaired) electrons. The van der Waals surface area contributed by atoms with Gasteiger partial charge in [-0.15, -0.1) is 0 Å². The van der Waals surface area contributed by atoms with E-state index in [1.54, 1.807) is 0 Å². The smallest absolute Gasteiger partial charge is 0.407 e. The van der Waals surface area contributed by atoms with E-state index in [2.05, 4.69) is 34.9 Å². The number of fused-ring (bicyclic) bond motifs is 3. The summed E-state index contributed by atoms with van der Waals surface area (Å²) < 4.78 is 11.1. The molecule has 0 unspecified atom stereocenters. The van der Waals surface area contributed by atoms with Crippen molar-refractivity contribution in [3.63, 3.8) is 0 Å². The van der Waals surface area contributed by atoms with Crippen LogP contribution in [-0.4, -0.2) is 55.5 Å². The molecular formula is C26H28N2O6. The van der Waals surface area contributed by atoms with Gasteiger partial charge in [0.2, 0.25) is 5.91 Å². The highest BCUT2D eigenvalue weighted by Crippen LogP contribution is 2.45. The number of ether oxygens (including phenoxy) is 2. The lowest BCUT2D eigenvalue weighted by Gasteiger charge is -2.20. The fourth-order valence-electron chi connectivity index (χ4n) is 4.97. The highest BCUT2D eigenvalue weighted by atomic mass is 16.5. The van der Waals surface area contributed by atoms with E-state index in [0.717, 1.165) is 11.1 Å². The van der Waals surface area contributed by atoms with Crippen molar-refractivity contribution in [2.75, 3.05) is 26.3 Å². The van der Waals surface area contributed by atoms with E-state index >= 15 is 0 Å². The van der Waals surface area contributed by atoms with Crippen LogP contribution < -0.4 is 10.6 Å². The number of hydrogen-bond acceptors (Lipinski definition) is 5. The van der Waals surface area contributed by atoms with Crippen LogP contribution in [0.25, 0.3) is 11.1 Å². The van der Waals surface area contributed by atoms with Crippen molar-refractivity contribution in [3.8, 4) is 11.1 Å². The van der Waals surface area contributed by atoms with Crippen LogP contribution in [0.3, 0.4) is 0 Å². The van der Waals surface area contributed by atoms with Gasteiger partial charge >= 0.3 is 12.1 Å². The Balaban J connectivity index is 1.12. The SMILES string of the molecule is O=C(NC[C@@H]1CCO[C@@H]1C(=O)NCC1(C(=O)O)CC1)OCC1c2ccccc2-c2ccccc21. The van der Waals surface area contributed by atoms with Crippen molar-refractivity contribution in [2.24, 2.45) is 11.3 Å². The number of carboxylic acids is 1. The quantitative estimate of drug-likeness (QED) is 0.554. The molecular weight excluding hydrogens is 436 g/mol. The zero-order valence-electron chi connectivity index (χ0n) is 18.8. The number of hydrogen-bond donors (Lipinski definition) is 3. The molecule has 0 aromatic heterocycles. The monoisotopic (exact) mass is 464 g/mol. The number of nitrogens with one attached hydrogen (secondary N) is 2. The molecule has 1 aliphatic heterocycles. The van der Waals surface area contributed by atoms with Gasteiger partial charge in [0.05, 0.1) is 5.41 Å². The molecule has 2 aromatic rings. The van der Waals surface area contributed by atoms with Gasteiger partial charge in [-0.2, -0.15) is 0 Å². The van der Waals surface area contributed by atoms with Gasteiger partial charge in [-0.1, -0.05) is 48.5 Å². The third-order valence-corrected chi connectivity index (χ3v) is 7.23. The van der Waals surface area contributed by atoms with Gasteiger partial charge in [0.25, 0.3) is 0 Å². The van der Waals surface area contributed by atoms with Crippen molar-refractivity contribution in [1.82, 2.24) is 10.6 Å². The van der Waals surface area contributed by atoms with Crippen LogP contribution in [0.4, 0.5) is 4.79 Å². The highest BCUT2D eigenvalue weighted by molar-refractivity contribution is 5.84. The van der Waals surface area contributed by atoms with Crippen LogP contribution in [0.15, 0.2) is 48.5 Å². The van der Waals surface area contributed by atoms with Gasteiger partial charge < -0.3 is 25.2 Å². The molecule has 8 heteroatoms. The Labute approximate surface area is 197 Å². The summed E-state index contributed by atoms with van der Waals surface area (Å²) in [6.07, 6.45) is 0.530. The molecule has 1 heterocycles. The Bertz CT molecular complexity index is 1070. The maximum atomic E-state index is 12.6. The maximum absolute atomic E-state index is 12.6. The first-order valence-electron chi connectivity index (χ1n) is 11.7. The largest absolute Gasteiger partial charge is 0.481 e. The Morgan fingerprint density at radius 2 is 1.65 bits per heavy atom. The van der Waals surface area contributed by atoms with Gasteiger partial charge in [-0.25, -0.2) is 4.79 Å². The maximum Gasteiger partial charge on any atom is 0.407 e. The Hall–Kier alpha value is -3.39. The Morgan fingerprint density at radius 1 is 1.00 bits per heavy atom. The zero-order chi connectivity index (χ0) is 23.7. The Kier molecular flexibility index (Phi) is 6.00. The summed E-state index contributed by atoms with van der Waals surface area (Å²) in [5.74, 6) is -1.42. The molecule has 2 amide bonds. The van der Waals surface area contributed by atoms with Gasteiger partial charge in [0, 0.05) is 31.5 Å². The standard InChI is InChI=1S/C26H28N2O6/c29-23(28-15-26(10-11-26)24(30)31)22-16(9-12-33-22)13-27-25(32)34-14-21-19-7-3-1-5-17(19)18-6-2-4-8-20(18)21/h1-8,16,21-22H,9-15H2,(H,27,32)(H,28,29)(H,30,31)/t16-,22-/m0/s1. The van der Waals surface area contributed by atoms with Gasteiger partial charge in [0.15, 0.2) is 0 Å². The molecule has 0 spiro atoms. The fraction of sp³-hybridized carbons (Fsp3) is 0.423. The average molecular weight is 465 g/mol. The third-order valence-electron chi connectivity index (χ3n) is 7.23. The fourth-order valence-corrected chi connectivity index (χ4v) is 4.97. The molecule has 8 nitrogen and oxygen atoms in total. The lowest BCUT2D eigenvalue weighted by Crippen LogP contribution is -2.44. The summed E-state index contributed by atoms with van der Waals surface area (Å²) in [5.41, 5.74) is 3.79. The molecule has 2 aliphatic carbocycles. The number of carboxylic acid groups (broad SMARTS) is 1. The van der Waals surface area contributed by atoms with Crippen LogP contribution in [0.2, 0.25) is 0 Å². The molecule has 2 aromatic carbocycles. The lowest BCUT2D eigenvalue weighted by molar-refractivity contribution is -0.143. The normalized spacial score (nSPS) is 21.9. The molecule has 0 bridgehead atoms. The second-order valence-electron chi connectivity index (χ2n) is 9.35. The number of rotatable bonds is 8. The first kappa shape index (κ1) is 22.4. The molecule has 178 valence electrons. The van der Waals surface area contributed by atoms with Crippen molar-refractivity contribution in [3.05, 3.63) is 59.7 Å². The second-order valence-corrected chi connectivity index (χ2v) is 9.35. The first-order valence-corrected chi connectivity index (χ1v) is 11.7. The molecule has 34 heavy (non-hydrogen) atoms.